The van der Waals surface area contributed by atoms with Gasteiger partial charge in [0.05, 0.1) is 16.7 Å². The summed E-state index contributed by atoms with van der Waals surface area (Å²) in [4.78, 5) is 11.2. The lowest BCUT2D eigenvalue weighted by Crippen LogP contribution is -2.41. The van der Waals surface area contributed by atoms with E-state index in [0.29, 0.717) is 0 Å². The second kappa shape index (κ2) is 5.69. The maximum Gasteiger partial charge on any atom is 0.500 e. The lowest BCUT2D eigenvalue weighted by atomic mass is 9.78. The van der Waals surface area contributed by atoms with Crippen LogP contribution in [0.15, 0.2) is 24.5 Å². The Kier molecular flexibility index (Phi) is 4.34. The Bertz CT molecular complexity index is 637. The van der Waals surface area contributed by atoms with Crippen LogP contribution in [0.1, 0.15) is 27.7 Å². The molecule has 8 heteroatoms. The Morgan fingerprint density at radius 2 is 1.57 bits per heavy atom. The van der Waals surface area contributed by atoms with Gasteiger partial charge in [-0.15, -0.1) is 0 Å². The molecule has 0 atom stereocenters. The summed E-state index contributed by atoms with van der Waals surface area (Å²) in [6.07, 6.45) is 0. The van der Waals surface area contributed by atoms with Gasteiger partial charge in [0.1, 0.15) is 11.6 Å². The van der Waals surface area contributed by atoms with Crippen molar-refractivity contribution in [1.82, 2.24) is 0 Å². The average molecular weight is 327 g/mol. The van der Waals surface area contributed by atoms with Crippen LogP contribution in [-0.2, 0) is 14.1 Å². The van der Waals surface area contributed by atoms with E-state index in [4.69, 9.17) is 9.31 Å². The summed E-state index contributed by atoms with van der Waals surface area (Å²) < 4.78 is 52.4. The van der Waals surface area contributed by atoms with Crippen LogP contribution in [0.5, 0.6) is 0 Å². The molecule has 1 aromatic carbocycles. The van der Waals surface area contributed by atoms with Crippen molar-refractivity contribution in [3.63, 3.8) is 0 Å². The first kappa shape index (κ1) is 17.6. The summed E-state index contributed by atoms with van der Waals surface area (Å²) in [5.41, 5.74) is -2.14. The van der Waals surface area contributed by atoms with Crippen LogP contribution in [0.25, 0.3) is 0 Å². The quantitative estimate of drug-likeness (QED) is 0.686. The Labute approximate surface area is 132 Å². The van der Waals surface area contributed by atoms with Crippen molar-refractivity contribution >= 4 is 24.2 Å². The zero-order valence-electron chi connectivity index (χ0n) is 13.3. The van der Waals surface area contributed by atoms with Gasteiger partial charge >= 0.3 is 7.12 Å². The number of benzene rings is 1. The van der Waals surface area contributed by atoms with Crippen LogP contribution in [-0.4, -0.2) is 24.2 Å². The number of amides is 1. The maximum atomic E-state index is 14.3. The predicted molar refractivity (Wildman–Crippen MR) is 81.0 cm³/mol. The van der Waals surface area contributed by atoms with Crippen LogP contribution in [0.2, 0.25) is 0 Å². The first-order valence-corrected chi connectivity index (χ1v) is 6.95. The summed E-state index contributed by atoms with van der Waals surface area (Å²) in [7, 11) is -1.22. The first-order valence-electron chi connectivity index (χ1n) is 6.95. The van der Waals surface area contributed by atoms with Crippen molar-refractivity contribution in [2.24, 2.45) is 0 Å². The Hall–Kier alpha value is -1.80. The molecule has 1 N–H and O–H groups in total. The standard InChI is InChI=1S/C15H17BF3NO3/c1-8(17)13(21)20-9-6-10(18)12(11(19)7-9)16-22-14(2,3)15(4,5)23-16/h6-7H,1H2,2-5H3,(H,20,21). The van der Waals surface area contributed by atoms with Gasteiger partial charge in [-0.25, -0.2) is 13.2 Å². The van der Waals surface area contributed by atoms with Gasteiger partial charge in [-0.3, -0.25) is 4.79 Å². The van der Waals surface area contributed by atoms with Crippen LogP contribution in [0.4, 0.5) is 18.9 Å². The normalized spacial score (nSPS) is 18.8. The highest BCUT2D eigenvalue weighted by Gasteiger charge is 2.53. The third kappa shape index (κ3) is 3.28. The highest BCUT2D eigenvalue weighted by Crippen LogP contribution is 2.37. The van der Waals surface area contributed by atoms with Gasteiger partial charge in [0.25, 0.3) is 5.91 Å². The van der Waals surface area contributed by atoms with E-state index in [1.807, 2.05) is 5.32 Å². The predicted octanol–water partition coefficient (Wildman–Crippen LogP) is 2.69. The molecule has 1 fully saturated rings. The molecule has 1 saturated heterocycles. The van der Waals surface area contributed by atoms with Gasteiger partial charge in [-0.1, -0.05) is 6.58 Å². The molecule has 0 saturated carbocycles. The number of carbonyl (C=O) groups excluding carboxylic acids is 1. The zero-order chi connectivity index (χ0) is 17.6. The number of anilines is 1. The molecule has 4 nitrogen and oxygen atoms in total. The van der Waals surface area contributed by atoms with Crippen LogP contribution in [0, 0.1) is 11.6 Å². The molecule has 0 bridgehead atoms. The Morgan fingerprint density at radius 3 is 1.96 bits per heavy atom. The highest BCUT2D eigenvalue weighted by molar-refractivity contribution is 6.62. The number of rotatable bonds is 3. The van der Waals surface area contributed by atoms with E-state index in [2.05, 4.69) is 6.58 Å². The van der Waals surface area contributed by atoms with Gasteiger partial charge in [-0.2, -0.15) is 0 Å². The van der Waals surface area contributed by atoms with E-state index in [-0.39, 0.29) is 5.69 Å². The minimum absolute atomic E-state index is 0.232. The fourth-order valence-corrected chi connectivity index (χ4v) is 2.04. The molecule has 0 spiro atoms. The first-order chi connectivity index (χ1) is 10.4. The third-order valence-corrected chi connectivity index (χ3v) is 4.07. The average Bonchev–Trinajstić information content (AvgIpc) is 2.56. The fourth-order valence-electron chi connectivity index (χ4n) is 2.04. The van der Waals surface area contributed by atoms with Crippen molar-refractivity contribution in [3.8, 4) is 0 Å². The number of nitrogens with one attached hydrogen (secondary N) is 1. The van der Waals surface area contributed by atoms with Crippen molar-refractivity contribution in [3.05, 3.63) is 36.2 Å². The SMILES string of the molecule is C=C(F)C(=O)Nc1cc(F)c(B2OC(C)(C)C(C)(C)O2)c(F)c1. The highest BCUT2D eigenvalue weighted by atomic mass is 19.1. The molecule has 23 heavy (non-hydrogen) atoms. The molecule has 124 valence electrons. The van der Waals surface area contributed by atoms with Gasteiger partial charge in [-0.05, 0) is 39.8 Å². The van der Waals surface area contributed by atoms with E-state index in [1.54, 1.807) is 27.7 Å². The van der Waals surface area contributed by atoms with Gasteiger partial charge in [0.2, 0.25) is 0 Å². The van der Waals surface area contributed by atoms with Gasteiger partial charge in [0.15, 0.2) is 5.83 Å². The molecule has 1 aliphatic rings. The largest absolute Gasteiger partial charge is 0.500 e. The maximum absolute atomic E-state index is 14.3. The molecular formula is C15H17BF3NO3. The van der Waals surface area contributed by atoms with Crippen LogP contribution < -0.4 is 10.8 Å². The molecule has 1 heterocycles. The zero-order valence-corrected chi connectivity index (χ0v) is 13.3. The van der Waals surface area contributed by atoms with Crippen LogP contribution >= 0.6 is 0 Å². The Balaban J connectivity index is 2.32. The summed E-state index contributed by atoms with van der Waals surface area (Å²) >= 11 is 0. The molecule has 0 aromatic heterocycles. The van der Waals surface area contributed by atoms with Crippen LogP contribution in [0.3, 0.4) is 0 Å². The topological polar surface area (TPSA) is 47.6 Å². The summed E-state index contributed by atoms with van der Waals surface area (Å²) in [6.45, 7) is 9.82. The number of hydrogen-bond donors (Lipinski definition) is 1. The Morgan fingerprint density at radius 1 is 1.13 bits per heavy atom. The molecular weight excluding hydrogens is 310 g/mol. The summed E-state index contributed by atoms with van der Waals surface area (Å²) in [5.74, 6) is -4.38. The van der Waals surface area contributed by atoms with Crippen molar-refractivity contribution in [2.75, 3.05) is 5.32 Å². The molecule has 1 amide bonds. The van der Waals surface area contributed by atoms with E-state index in [1.165, 1.54) is 0 Å². The number of carbonyl (C=O) groups is 1. The second-order valence-corrected chi connectivity index (χ2v) is 6.30. The van der Waals surface area contributed by atoms with Gasteiger partial charge in [0, 0.05) is 5.69 Å². The molecule has 2 rings (SSSR count). The third-order valence-electron chi connectivity index (χ3n) is 4.07. The van der Waals surface area contributed by atoms with E-state index >= 15 is 0 Å². The number of hydrogen-bond acceptors (Lipinski definition) is 3. The van der Waals surface area contributed by atoms with E-state index in [0.717, 1.165) is 12.1 Å². The van der Waals surface area contributed by atoms with Crippen molar-refractivity contribution in [1.29, 1.82) is 0 Å². The van der Waals surface area contributed by atoms with E-state index < -0.39 is 47.2 Å². The number of halogens is 3. The molecule has 1 aromatic rings. The van der Waals surface area contributed by atoms with E-state index in [9.17, 15) is 18.0 Å². The summed E-state index contributed by atoms with van der Waals surface area (Å²) in [6, 6.07) is 1.73. The molecule has 1 aliphatic heterocycles. The monoisotopic (exact) mass is 327 g/mol. The van der Waals surface area contributed by atoms with Crippen molar-refractivity contribution in [2.45, 2.75) is 38.9 Å². The summed E-state index contributed by atoms with van der Waals surface area (Å²) in [5, 5.41) is 2.00. The molecule has 0 radical (unpaired) electrons. The molecule has 0 unspecified atom stereocenters. The lowest BCUT2D eigenvalue weighted by molar-refractivity contribution is -0.114. The van der Waals surface area contributed by atoms with Gasteiger partial charge < -0.3 is 14.6 Å². The van der Waals surface area contributed by atoms with Crippen molar-refractivity contribution < 1.29 is 27.3 Å². The fraction of sp³-hybridized carbons (Fsp3) is 0.400. The lowest BCUT2D eigenvalue weighted by Gasteiger charge is -2.32. The second-order valence-electron chi connectivity index (χ2n) is 6.30. The molecule has 0 aliphatic carbocycles. The minimum Gasteiger partial charge on any atom is -0.399 e. The minimum atomic E-state index is -1.26. The smallest absolute Gasteiger partial charge is 0.399 e.